The average molecular weight is 450 g/mol. The highest BCUT2D eigenvalue weighted by molar-refractivity contribution is 7.80. The zero-order chi connectivity index (χ0) is 20.8. The number of hydrogen-bond acceptors (Lipinski definition) is 3. The summed E-state index contributed by atoms with van der Waals surface area (Å²) < 4.78 is 0. The van der Waals surface area contributed by atoms with E-state index in [1.807, 2.05) is 0 Å². The van der Waals surface area contributed by atoms with Crippen LogP contribution < -0.4 is 16.0 Å². The third kappa shape index (κ3) is 6.42. The molecule has 1 aliphatic carbocycles. The lowest BCUT2D eigenvalue weighted by molar-refractivity contribution is 0.0926. The summed E-state index contributed by atoms with van der Waals surface area (Å²) in [6.07, 6.45) is 5.58. The van der Waals surface area contributed by atoms with Gasteiger partial charge >= 0.3 is 0 Å². The molecule has 152 valence electrons. The first-order valence-corrected chi connectivity index (χ1v) is 10.6. The summed E-state index contributed by atoms with van der Waals surface area (Å²) >= 11 is 17.1. The summed E-state index contributed by atoms with van der Waals surface area (Å²) in [6.45, 7) is 0. The molecule has 1 aliphatic rings. The van der Waals surface area contributed by atoms with E-state index in [1.54, 1.807) is 30.3 Å². The maximum absolute atomic E-state index is 12.5. The van der Waals surface area contributed by atoms with Gasteiger partial charge in [0.1, 0.15) is 0 Å². The van der Waals surface area contributed by atoms with Crippen molar-refractivity contribution in [3.8, 4) is 0 Å². The van der Waals surface area contributed by atoms with E-state index in [-0.39, 0.29) is 17.1 Å². The molecule has 2 aromatic carbocycles. The van der Waals surface area contributed by atoms with Crippen LogP contribution in [-0.4, -0.2) is 23.0 Å². The zero-order valence-corrected chi connectivity index (χ0v) is 18.0. The zero-order valence-electron chi connectivity index (χ0n) is 15.6. The van der Waals surface area contributed by atoms with Crippen molar-refractivity contribution in [3.63, 3.8) is 0 Å². The number of nitrogens with one attached hydrogen (secondary N) is 3. The van der Waals surface area contributed by atoms with Gasteiger partial charge in [0.15, 0.2) is 5.11 Å². The lowest BCUT2D eigenvalue weighted by Gasteiger charge is -2.22. The van der Waals surface area contributed by atoms with Gasteiger partial charge in [0, 0.05) is 32.9 Å². The van der Waals surface area contributed by atoms with Crippen molar-refractivity contribution in [2.45, 2.75) is 38.1 Å². The van der Waals surface area contributed by atoms with E-state index in [9.17, 15) is 9.59 Å². The Morgan fingerprint density at radius 1 is 0.897 bits per heavy atom. The van der Waals surface area contributed by atoms with Crippen molar-refractivity contribution in [3.05, 3.63) is 63.6 Å². The minimum atomic E-state index is -0.432. The van der Waals surface area contributed by atoms with Crippen LogP contribution in [0.2, 0.25) is 10.0 Å². The Morgan fingerprint density at radius 3 is 2.28 bits per heavy atom. The largest absolute Gasteiger partial charge is 0.349 e. The number of rotatable bonds is 4. The van der Waals surface area contributed by atoms with Crippen molar-refractivity contribution in [1.82, 2.24) is 10.6 Å². The maximum Gasteiger partial charge on any atom is 0.257 e. The fraction of sp³-hybridized carbons (Fsp3) is 0.286. The monoisotopic (exact) mass is 449 g/mol. The van der Waals surface area contributed by atoms with Crippen LogP contribution in [0.25, 0.3) is 0 Å². The predicted octanol–water partition coefficient (Wildman–Crippen LogP) is 5.18. The highest BCUT2D eigenvalue weighted by Crippen LogP contribution is 2.20. The third-order valence-corrected chi connectivity index (χ3v) is 5.32. The van der Waals surface area contributed by atoms with E-state index >= 15 is 0 Å². The summed E-state index contributed by atoms with van der Waals surface area (Å²) in [5, 5.41) is 9.41. The lowest BCUT2D eigenvalue weighted by atomic mass is 9.95. The summed E-state index contributed by atoms with van der Waals surface area (Å²) in [4.78, 5) is 24.8. The number of thiocarbonyl (C=S) groups is 1. The summed E-state index contributed by atoms with van der Waals surface area (Å²) in [5.74, 6) is -0.540. The van der Waals surface area contributed by atoms with Gasteiger partial charge < -0.3 is 10.6 Å². The van der Waals surface area contributed by atoms with Crippen molar-refractivity contribution in [1.29, 1.82) is 0 Å². The van der Waals surface area contributed by atoms with Gasteiger partial charge in [0.25, 0.3) is 11.8 Å². The molecule has 0 aromatic heterocycles. The number of anilines is 1. The Balaban J connectivity index is 1.59. The summed E-state index contributed by atoms with van der Waals surface area (Å²) in [6, 6.07) is 11.8. The fourth-order valence-corrected chi connectivity index (χ4v) is 4.01. The SMILES string of the molecule is O=C(NC(=S)Nc1cccc(C(=O)NC2CCCCC2)c1)c1cc(Cl)cc(Cl)c1. The van der Waals surface area contributed by atoms with E-state index < -0.39 is 5.91 Å². The Hall–Kier alpha value is -2.15. The molecule has 0 saturated heterocycles. The van der Waals surface area contributed by atoms with Crippen LogP contribution >= 0.6 is 35.4 Å². The van der Waals surface area contributed by atoms with Crippen LogP contribution in [-0.2, 0) is 0 Å². The number of halogens is 2. The van der Waals surface area contributed by atoms with Crippen LogP contribution in [0.15, 0.2) is 42.5 Å². The fourth-order valence-electron chi connectivity index (χ4n) is 3.28. The smallest absolute Gasteiger partial charge is 0.257 e. The number of carbonyl (C=O) groups is 2. The molecule has 0 radical (unpaired) electrons. The average Bonchev–Trinajstić information content (AvgIpc) is 2.68. The molecule has 1 saturated carbocycles. The first-order valence-electron chi connectivity index (χ1n) is 9.40. The second-order valence-electron chi connectivity index (χ2n) is 6.96. The van der Waals surface area contributed by atoms with Crippen molar-refractivity contribution < 1.29 is 9.59 Å². The van der Waals surface area contributed by atoms with E-state index in [0.717, 1.165) is 25.7 Å². The molecule has 3 N–H and O–H groups in total. The second-order valence-corrected chi connectivity index (χ2v) is 8.24. The summed E-state index contributed by atoms with van der Waals surface area (Å²) in [5.41, 5.74) is 1.44. The van der Waals surface area contributed by atoms with Crippen LogP contribution in [0.5, 0.6) is 0 Å². The van der Waals surface area contributed by atoms with Crippen LogP contribution in [0.1, 0.15) is 52.8 Å². The minimum Gasteiger partial charge on any atom is -0.349 e. The molecule has 29 heavy (non-hydrogen) atoms. The van der Waals surface area contributed by atoms with Gasteiger partial charge in [-0.25, -0.2) is 0 Å². The van der Waals surface area contributed by atoms with E-state index in [2.05, 4.69) is 16.0 Å². The molecule has 0 spiro atoms. The van der Waals surface area contributed by atoms with E-state index in [1.165, 1.54) is 18.6 Å². The molecule has 0 aliphatic heterocycles. The second kappa shape index (κ2) is 10.1. The predicted molar refractivity (Wildman–Crippen MR) is 121 cm³/mol. The molecule has 5 nitrogen and oxygen atoms in total. The topological polar surface area (TPSA) is 70.2 Å². The molecule has 3 rings (SSSR count). The number of carbonyl (C=O) groups excluding carboxylic acids is 2. The molecule has 0 unspecified atom stereocenters. The highest BCUT2D eigenvalue weighted by Gasteiger charge is 2.17. The first-order chi connectivity index (χ1) is 13.9. The molecule has 2 aromatic rings. The Kier molecular flexibility index (Phi) is 7.47. The van der Waals surface area contributed by atoms with Crippen molar-refractivity contribution in [2.24, 2.45) is 0 Å². The van der Waals surface area contributed by atoms with Gasteiger partial charge in [-0.15, -0.1) is 0 Å². The molecular formula is C21H21Cl2N3O2S. The summed E-state index contributed by atoms with van der Waals surface area (Å²) in [7, 11) is 0. The van der Waals surface area contributed by atoms with E-state index in [0.29, 0.717) is 26.9 Å². The van der Waals surface area contributed by atoms with Gasteiger partial charge in [-0.1, -0.05) is 48.5 Å². The molecule has 1 fully saturated rings. The highest BCUT2D eigenvalue weighted by atomic mass is 35.5. The number of amides is 2. The quantitative estimate of drug-likeness (QED) is 0.562. The van der Waals surface area contributed by atoms with Crippen LogP contribution in [0, 0.1) is 0 Å². The Morgan fingerprint density at radius 2 is 1.59 bits per heavy atom. The van der Waals surface area contributed by atoms with Gasteiger partial charge in [0.05, 0.1) is 0 Å². The molecule has 2 amide bonds. The third-order valence-electron chi connectivity index (χ3n) is 4.67. The maximum atomic E-state index is 12.5. The Labute approximate surface area is 185 Å². The minimum absolute atomic E-state index is 0.107. The normalized spacial score (nSPS) is 14.1. The Bertz CT molecular complexity index is 910. The number of benzene rings is 2. The van der Waals surface area contributed by atoms with Crippen LogP contribution in [0.3, 0.4) is 0 Å². The van der Waals surface area contributed by atoms with Crippen LogP contribution in [0.4, 0.5) is 5.69 Å². The van der Waals surface area contributed by atoms with E-state index in [4.69, 9.17) is 35.4 Å². The van der Waals surface area contributed by atoms with Gasteiger partial charge in [0.2, 0.25) is 0 Å². The van der Waals surface area contributed by atoms with Gasteiger partial charge in [-0.2, -0.15) is 0 Å². The van der Waals surface area contributed by atoms with Crippen molar-refractivity contribution >= 4 is 58.0 Å². The number of hydrogen-bond donors (Lipinski definition) is 3. The molecule has 8 heteroatoms. The molecule has 0 atom stereocenters. The molecular weight excluding hydrogens is 429 g/mol. The van der Waals surface area contributed by atoms with Gasteiger partial charge in [-0.05, 0) is 61.5 Å². The lowest BCUT2D eigenvalue weighted by Crippen LogP contribution is -2.36. The van der Waals surface area contributed by atoms with Crippen molar-refractivity contribution in [2.75, 3.05) is 5.32 Å². The molecule has 0 heterocycles. The first kappa shape index (κ1) is 21.6. The molecule has 0 bridgehead atoms. The van der Waals surface area contributed by atoms with Gasteiger partial charge in [-0.3, -0.25) is 14.9 Å². The standard InChI is InChI=1S/C21H21Cl2N3O2S/c22-15-9-14(10-16(23)12-15)20(28)26-21(29)25-18-8-4-5-13(11-18)19(27)24-17-6-2-1-3-7-17/h4-5,8-12,17H,1-3,6-7H2,(H,24,27)(H2,25,26,28,29).